The van der Waals surface area contributed by atoms with Crippen molar-refractivity contribution in [3.63, 3.8) is 0 Å². The second-order valence-electron chi connectivity index (χ2n) is 3.49. The topological polar surface area (TPSA) is 0 Å². The van der Waals surface area contributed by atoms with Crippen LogP contribution in [0.25, 0.3) is 0 Å². The lowest BCUT2D eigenvalue weighted by Crippen LogP contribution is -2.28. The largest absolute Gasteiger partial charge is 0.178 e. The Morgan fingerprint density at radius 1 is 1.06 bits per heavy atom. The van der Waals surface area contributed by atoms with Crippen molar-refractivity contribution in [3.8, 4) is 0 Å². The lowest BCUT2D eigenvalue weighted by atomic mass is 10.3. The van der Waals surface area contributed by atoms with Crippen LogP contribution in [0.15, 0.2) is 0 Å². The van der Waals surface area contributed by atoms with Gasteiger partial charge in [0.1, 0.15) is 0 Å². The van der Waals surface area contributed by atoms with Crippen LogP contribution in [-0.4, -0.2) is 47.8 Å². The Balaban J connectivity index is 1.90. The minimum absolute atomic E-state index is 0.429. The molecule has 0 aliphatic carbocycles. The first-order valence-corrected chi connectivity index (χ1v) is 11.5. The van der Waals surface area contributed by atoms with Crippen molar-refractivity contribution in [1.82, 2.24) is 0 Å². The van der Waals surface area contributed by atoms with E-state index < -0.39 is 0 Å². The van der Waals surface area contributed by atoms with E-state index in [4.69, 9.17) is 12.6 Å². The van der Waals surface area contributed by atoms with Crippen molar-refractivity contribution in [3.05, 3.63) is 0 Å². The number of hydrogen-bond acceptors (Lipinski definition) is 7. The molecule has 94 valence electrons. The lowest BCUT2D eigenvalue weighted by molar-refractivity contribution is 0.935. The first-order valence-electron chi connectivity index (χ1n) is 5.22. The maximum absolute atomic E-state index is 4.73. The molecule has 0 bridgehead atoms. The Hall–Kier alpha value is 2.45. The Bertz CT molecular complexity index is 200. The van der Waals surface area contributed by atoms with E-state index in [1.807, 2.05) is 0 Å². The Kier molecular flexibility index (Phi) is 7.33. The third kappa shape index (κ3) is 4.23. The van der Waals surface area contributed by atoms with Crippen LogP contribution in [0.5, 0.6) is 0 Å². The summed E-state index contributed by atoms with van der Waals surface area (Å²) >= 11 is 19.7. The van der Waals surface area contributed by atoms with Crippen LogP contribution in [0.3, 0.4) is 0 Å². The maximum Gasteiger partial charge on any atom is 0.0960 e. The van der Waals surface area contributed by atoms with E-state index in [-0.39, 0.29) is 0 Å². The molecule has 0 N–H and O–H groups in total. The van der Waals surface area contributed by atoms with Crippen molar-refractivity contribution in [1.29, 1.82) is 0 Å². The molecule has 0 aromatic heterocycles. The van der Waals surface area contributed by atoms with Gasteiger partial charge in [0.05, 0.1) is 8.50 Å². The molecule has 0 radical (unpaired) electrons. The molecule has 0 amide bonds. The van der Waals surface area contributed by atoms with Crippen LogP contribution >= 0.6 is 84.1 Å². The third-order valence-electron chi connectivity index (χ3n) is 2.34. The molecule has 0 spiro atoms. The highest BCUT2D eigenvalue weighted by Gasteiger charge is 2.34. The summed E-state index contributed by atoms with van der Waals surface area (Å²) in [6, 6.07) is 0. The summed E-state index contributed by atoms with van der Waals surface area (Å²) in [7, 11) is 0. The minimum Gasteiger partial charge on any atom is -0.178 e. The molecule has 7 heteroatoms. The van der Waals surface area contributed by atoms with Crippen LogP contribution in [0.4, 0.5) is 0 Å². The van der Waals surface area contributed by atoms with Gasteiger partial charge in [-0.25, -0.2) is 0 Å². The Morgan fingerprint density at radius 3 is 2.19 bits per heavy atom. The zero-order valence-electron chi connectivity index (χ0n) is 8.78. The van der Waals surface area contributed by atoms with Crippen molar-refractivity contribution >= 4 is 84.1 Å². The smallest absolute Gasteiger partial charge is 0.0960 e. The highest BCUT2D eigenvalue weighted by Crippen LogP contribution is 2.49. The molecule has 2 rings (SSSR count). The fourth-order valence-electron chi connectivity index (χ4n) is 1.55. The first-order chi connectivity index (χ1) is 7.81. The van der Waals surface area contributed by atoms with Crippen molar-refractivity contribution < 1.29 is 0 Å². The zero-order chi connectivity index (χ0) is 11.4. The number of thiol groups is 2. The van der Waals surface area contributed by atoms with Crippen LogP contribution in [-0.2, 0) is 0 Å². The Labute approximate surface area is 131 Å². The standard InChI is InChI=1S/C9H16S7/c10-5-6(11)7(8-12-1-2-13-8)16-9-14-3-4-15-9/h6-11H,1-5H2. The van der Waals surface area contributed by atoms with E-state index in [2.05, 4.69) is 71.4 Å². The van der Waals surface area contributed by atoms with E-state index in [1.54, 1.807) is 0 Å². The monoisotopic (exact) mass is 348 g/mol. The van der Waals surface area contributed by atoms with E-state index in [0.29, 0.717) is 10.5 Å². The summed E-state index contributed by atoms with van der Waals surface area (Å²) in [6.07, 6.45) is 0. The number of rotatable bonds is 5. The molecule has 2 aliphatic heterocycles. The SMILES string of the molecule is SCC(S)C(SC1SCCS1)C1SCCS1. The van der Waals surface area contributed by atoms with Gasteiger partial charge in [-0.3, -0.25) is 0 Å². The van der Waals surface area contributed by atoms with Gasteiger partial charge in [-0.2, -0.15) is 25.3 Å². The van der Waals surface area contributed by atoms with E-state index >= 15 is 0 Å². The summed E-state index contributed by atoms with van der Waals surface area (Å²) in [5, 5.41) is 1.08. The normalized spacial score (nSPS) is 27.4. The third-order valence-corrected chi connectivity index (χ3v) is 12.4. The molecule has 2 saturated heterocycles. The minimum atomic E-state index is 0.429. The predicted molar refractivity (Wildman–Crippen MR) is 95.4 cm³/mol. The lowest BCUT2D eigenvalue weighted by Gasteiger charge is -2.28. The molecule has 2 fully saturated rings. The summed E-state index contributed by atoms with van der Waals surface area (Å²) in [5.41, 5.74) is 0. The van der Waals surface area contributed by atoms with Gasteiger partial charge in [0.2, 0.25) is 0 Å². The van der Waals surface area contributed by atoms with Gasteiger partial charge in [-0.05, 0) is 0 Å². The average Bonchev–Trinajstić information content (AvgIpc) is 2.97. The highest BCUT2D eigenvalue weighted by molar-refractivity contribution is 8.35. The van der Waals surface area contributed by atoms with Gasteiger partial charge in [0.15, 0.2) is 0 Å². The molecular weight excluding hydrogens is 333 g/mol. The second-order valence-corrected chi connectivity index (χ2v) is 11.9. The molecule has 2 atom stereocenters. The van der Waals surface area contributed by atoms with Gasteiger partial charge in [-0.1, -0.05) is 0 Å². The first kappa shape index (κ1) is 14.9. The van der Waals surface area contributed by atoms with Crippen molar-refractivity contribution in [2.45, 2.75) is 19.0 Å². The number of hydrogen-bond donors (Lipinski definition) is 2. The van der Waals surface area contributed by atoms with E-state index in [1.165, 1.54) is 23.0 Å². The van der Waals surface area contributed by atoms with E-state index in [9.17, 15) is 0 Å². The molecule has 0 aromatic carbocycles. The second kappa shape index (κ2) is 7.90. The van der Waals surface area contributed by atoms with Crippen LogP contribution in [0.2, 0.25) is 0 Å². The van der Waals surface area contributed by atoms with Gasteiger partial charge >= 0.3 is 0 Å². The summed E-state index contributed by atoms with van der Waals surface area (Å²) < 4.78 is 1.47. The van der Waals surface area contributed by atoms with Crippen LogP contribution in [0.1, 0.15) is 0 Å². The fourth-order valence-corrected chi connectivity index (χ4v) is 11.1. The van der Waals surface area contributed by atoms with Gasteiger partial charge < -0.3 is 0 Å². The molecule has 0 aromatic rings. The summed E-state index contributed by atoms with van der Waals surface area (Å²) in [6.45, 7) is 0. The van der Waals surface area contributed by atoms with Crippen molar-refractivity contribution in [2.75, 3.05) is 28.8 Å². The molecular formula is C9H16S7. The fraction of sp³-hybridized carbons (Fsp3) is 1.00. The van der Waals surface area contributed by atoms with Crippen LogP contribution < -0.4 is 0 Å². The summed E-state index contributed by atoms with van der Waals surface area (Å²) in [5.74, 6) is 6.14. The summed E-state index contributed by atoms with van der Waals surface area (Å²) in [4.78, 5) is 0. The quantitative estimate of drug-likeness (QED) is 0.721. The zero-order valence-corrected chi connectivity index (χ0v) is 14.7. The Morgan fingerprint density at radius 2 is 1.62 bits per heavy atom. The molecule has 0 nitrogen and oxygen atoms in total. The predicted octanol–water partition coefficient (Wildman–Crippen LogP) is 3.89. The number of thioether (sulfide) groups is 5. The van der Waals surface area contributed by atoms with Crippen molar-refractivity contribution in [2.24, 2.45) is 0 Å². The van der Waals surface area contributed by atoms with E-state index in [0.717, 1.165) is 14.2 Å². The van der Waals surface area contributed by atoms with Gasteiger partial charge in [0.25, 0.3) is 0 Å². The maximum atomic E-state index is 4.73. The van der Waals surface area contributed by atoms with Gasteiger partial charge in [0, 0.05) is 39.3 Å². The molecule has 2 aliphatic rings. The highest BCUT2D eigenvalue weighted by atomic mass is 32.3. The molecule has 16 heavy (non-hydrogen) atoms. The van der Waals surface area contributed by atoms with Crippen LogP contribution in [0, 0.1) is 0 Å². The molecule has 2 unspecified atom stereocenters. The average molecular weight is 349 g/mol. The van der Waals surface area contributed by atoms with Gasteiger partial charge in [-0.15, -0.1) is 58.8 Å². The molecule has 0 saturated carbocycles. The molecule has 2 heterocycles.